The van der Waals surface area contributed by atoms with Crippen LogP contribution in [-0.4, -0.2) is 22.8 Å². The number of amides is 1. The van der Waals surface area contributed by atoms with Crippen molar-refractivity contribution in [3.8, 4) is 0 Å². The molecule has 21 heavy (non-hydrogen) atoms. The standard InChI is InChI=1S/C13H10F2N2O3S/c1-16(6-8-4-5-21-7-8)13(18)11-9(14)2-3-10(12(11)15)17(19)20/h2-5,7H,6H2,1H3. The lowest BCUT2D eigenvalue weighted by Crippen LogP contribution is -2.28. The summed E-state index contributed by atoms with van der Waals surface area (Å²) in [6, 6.07) is 3.18. The van der Waals surface area contributed by atoms with Crippen molar-refractivity contribution < 1.29 is 18.5 Å². The second-order valence-electron chi connectivity index (χ2n) is 4.31. The Morgan fingerprint density at radius 2 is 2.10 bits per heavy atom. The number of carbonyl (C=O) groups excluding carboxylic acids is 1. The summed E-state index contributed by atoms with van der Waals surface area (Å²) in [5, 5.41) is 14.3. The third-order valence-electron chi connectivity index (χ3n) is 2.83. The molecule has 0 aliphatic carbocycles. The zero-order valence-corrected chi connectivity index (χ0v) is 11.7. The lowest BCUT2D eigenvalue weighted by atomic mass is 10.1. The van der Waals surface area contributed by atoms with Gasteiger partial charge in [0.2, 0.25) is 5.82 Å². The molecule has 0 aliphatic rings. The normalized spacial score (nSPS) is 10.4. The van der Waals surface area contributed by atoms with E-state index in [1.54, 1.807) is 11.4 Å². The first-order valence-electron chi connectivity index (χ1n) is 5.80. The molecule has 0 fully saturated rings. The van der Waals surface area contributed by atoms with Crippen molar-refractivity contribution in [2.24, 2.45) is 0 Å². The van der Waals surface area contributed by atoms with E-state index < -0.39 is 33.7 Å². The summed E-state index contributed by atoms with van der Waals surface area (Å²) in [6.07, 6.45) is 0. The van der Waals surface area contributed by atoms with Gasteiger partial charge in [-0.2, -0.15) is 15.7 Å². The third-order valence-corrected chi connectivity index (χ3v) is 3.56. The highest BCUT2D eigenvalue weighted by Gasteiger charge is 2.28. The molecule has 2 aromatic rings. The molecule has 1 amide bonds. The maximum Gasteiger partial charge on any atom is 0.305 e. The lowest BCUT2D eigenvalue weighted by Gasteiger charge is -2.17. The van der Waals surface area contributed by atoms with E-state index in [4.69, 9.17) is 0 Å². The van der Waals surface area contributed by atoms with Crippen LogP contribution in [0.5, 0.6) is 0 Å². The number of rotatable bonds is 4. The Balaban J connectivity index is 2.34. The van der Waals surface area contributed by atoms with Crippen LogP contribution in [0, 0.1) is 21.7 Å². The molecule has 0 bridgehead atoms. The summed E-state index contributed by atoms with van der Waals surface area (Å²) in [5.41, 5.74) is -1.03. The first kappa shape index (κ1) is 15.0. The largest absolute Gasteiger partial charge is 0.337 e. The first-order valence-corrected chi connectivity index (χ1v) is 6.75. The minimum atomic E-state index is -1.46. The molecule has 0 saturated heterocycles. The van der Waals surface area contributed by atoms with Crippen LogP contribution in [0.3, 0.4) is 0 Å². The van der Waals surface area contributed by atoms with E-state index in [9.17, 15) is 23.7 Å². The highest BCUT2D eigenvalue weighted by atomic mass is 32.1. The number of carbonyl (C=O) groups is 1. The Hall–Kier alpha value is -2.35. The number of thiophene rings is 1. The van der Waals surface area contributed by atoms with Crippen LogP contribution in [-0.2, 0) is 6.54 Å². The second-order valence-corrected chi connectivity index (χ2v) is 5.09. The van der Waals surface area contributed by atoms with E-state index in [1.165, 1.54) is 18.4 Å². The van der Waals surface area contributed by atoms with Gasteiger partial charge in [-0.1, -0.05) is 0 Å². The molecule has 1 heterocycles. The van der Waals surface area contributed by atoms with E-state index in [-0.39, 0.29) is 6.54 Å². The molecule has 0 radical (unpaired) electrons. The first-order chi connectivity index (χ1) is 9.91. The fraction of sp³-hybridized carbons (Fsp3) is 0.154. The molecular formula is C13H10F2N2O3S. The maximum absolute atomic E-state index is 13.9. The molecule has 0 saturated carbocycles. The Morgan fingerprint density at radius 3 is 2.67 bits per heavy atom. The van der Waals surface area contributed by atoms with Gasteiger partial charge in [-0.3, -0.25) is 14.9 Å². The highest BCUT2D eigenvalue weighted by molar-refractivity contribution is 7.07. The van der Waals surface area contributed by atoms with Crippen molar-refractivity contribution in [1.29, 1.82) is 0 Å². The lowest BCUT2D eigenvalue weighted by molar-refractivity contribution is -0.387. The Kier molecular flexibility index (Phi) is 4.27. The van der Waals surface area contributed by atoms with Gasteiger partial charge in [-0.25, -0.2) is 4.39 Å². The molecule has 0 N–H and O–H groups in total. The summed E-state index contributed by atoms with van der Waals surface area (Å²) in [6.45, 7) is 0.157. The van der Waals surface area contributed by atoms with Gasteiger partial charge in [0.15, 0.2) is 0 Å². The van der Waals surface area contributed by atoms with Gasteiger partial charge in [-0.15, -0.1) is 0 Å². The zero-order chi connectivity index (χ0) is 15.6. The minimum absolute atomic E-state index is 0.157. The van der Waals surface area contributed by atoms with Crippen LogP contribution < -0.4 is 0 Å². The number of hydrogen-bond donors (Lipinski definition) is 0. The van der Waals surface area contributed by atoms with Gasteiger partial charge in [0, 0.05) is 19.7 Å². The quantitative estimate of drug-likeness (QED) is 0.643. The number of halogens is 2. The van der Waals surface area contributed by atoms with E-state index in [0.717, 1.165) is 10.5 Å². The fourth-order valence-corrected chi connectivity index (χ4v) is 2.46. The zero-order valence-electron chi connectivity index (χ0n) is 10.9. The number of nitrogens with zero attached hydrogens (tertiary/aromatic N) is 2. The van der Waals surface area contributed by atoms with Crippen molar-refractivity contribution in [3.63, 3.8) is 0 Å². The average molecular weight is 312 g/mol. The Morgan fingerprint density at radius 1 is 1.38 bits per heavy atom. The molecule has 2 rings (SSSR count). The summed E-state index contributed by atoms with van der Waals surface area (Å²) in [4.78, 5) is 22.9. The van der Waals surface area contributed by atoms with Gasteiger partial charge in [0.1, 0.15) is 11.4 Å². The number of nitro groups is 1. The van der Waals surface area contributed by atoms with Crippen LogP contribution in [0.15, 0.2) is 29.0 Å². The van der Waals surface area contributed by atoms with Gasteiger partial charge < -0.3 is 4.90 Å². The average Bonchev–Trinajstić information content (AvgIpc) is 2.90. The van der Waals surface area contributed by atoms with Crippen LogP contribution in [0.2, 0.25) is 0 Å². The summed E-state index contributed by atoms with van der Waals surface area (Å²) in [5.74, 6) is -3.53. The smallest absolute Gasteiger partial charge is 0.305 e. The molecule has 1 aromatic heterocycles. The maximum atomic E-state index is 13.9. The van der Waals surface area contributed by atoms with Gasteiger partial charge in [0.25, 0.3) is 5.91 Å². The molecule has 0 spiro atoms. The molecule has 1 aromatic carbocycles. The van der Waals surface area contributed by atoms with Crippen molar-refractivity contribution in [2.45, 2.75) is 6.54 Å². The molecule has 0 unspecified atom stereocenters. The van der Waals surface area contributed by atoms with E-state index in [0.29, 0.717) is 12.1 Å². The summed E-state index contributed by atoms with van der Waals surface area (Å²) in [7, 11) is 1.37. The predicted octanol–water partition coefficient (Wildman–Crippen LogP) is 3.21. The fourth-order valence-electron chi connectivity index (χ4n) is 1.80. The highest BCUT2D eigenvalue weighted by Crippen LogP contribution is 2.24. The van der Waals surface area contributed by atoms with Crippen molar-refractivity contribution in [2.75, 3.05) is 7.05 Å². The van der Waals surface area contributed by atoms with E-state index >= 15 is 0 Å². The second kappa shape index (κ2) is 5.96. The molecule has 0 aliphatic heterocycles. The predicted molar refractivity (Wildman–Crippen MR) is 73.1 cm³/mol. The van der Waals surface area contributed by atoms with Gasteiger partial charge >= 0.3 is 5.69 Å². The molecule has 8 heteroatoms. The van der Waals surface area contributed by atoms with Crippen molar-refractivity contribution in [1.82, 2.24) is 4.90 Å². The van der Waals surface area contributed by atoms with Crippen LogP contribution in [0.25, 0.3) is 0 Å². The molecule has 110 valence electrons. The number of hydrogen-bond acceptors (Lipinski definition) is 4. The van der Waals surface area contributed by atoms with E-state index in [2.05, 4.69) is 0 Å². The van der Waals surface area contributed by atoms with Crippen LogP contribution in [0.4, 0.5) is 14.5 Å². The Bertz CT molecular complexity index is 689. The SMILES string of the molecule is CN(Cc1ccsc1)C(=O)c1c(F)ccc([N+](=O)[O-])c1F. The monoisotopic (exact) mass is 312 g/mol. The van der Waals surface area contributed by atoms with Gasteiger partial charge in [0.05, 0.1) is 4.92 Å². The molecular weight excluding hydrogens is 302 g/mol. The van der Waals surface area contributed by atoms with E-state index in [1.807, 2.05) is 5.38 Å². The summed E-state index contributed by atoms with van der Waals surface area (Å²) < 4.78 is 27.6. The summed E-state index contributed by atoms with van der Waals surface area (Å²) >= 11 is 1.43. The van der Waals surface area contributed by atoms with Crippen molar-refractivity contribution >= 4 is 22.9 Å². The minimum Gasteiger partial charge on any atom is -0.337 e. The number of benzene rings is 1. The van der Waals surface area contributed by atoms with Crippen molar-refractivity contribution in [3.05, 3.63) is 61.8 Å². The molecule has 5 nitrogen and oxygen atoms in total. The third kappa shape index (κ3) is 3.05. The molecule has 0 atom stereocenters. The topological polar surface area (TPSA) is 63.5 Å². The van der Waals surface area contributed by atoms with Crippen LogP contribution >= 0.6 is 11.3 Å². The van der Waals surface area contributed by atoms with Gasteiger partial charge in [-0.05, 0) is 28.5 Å². The van der Waals surface area contributed by atoms with Crippen LogP contribution in [0.1, 0.15) is 15.9 Å². The number of nitro benzene ring substituents is 1. The Labute approximate surface area is 122 Å².